The van der Waals surface area contributed by atoms with Gasteiger partial charge in [0.15, 0.2) is 12.4 Å². The zero-order chi connectivity index (χ0) is 26.5. The van der Waals surface area contributed by atoms with E-state index in [1.807, 2.05) is 62.7 Å². The predicted octanol–water partition coefficient (Wildman–Crippen LogP) is 3.79. The average molecular weight is 504 g/mol. The molecule has 9 heteroatoms. The number of carbonyl (C=O) groups excluding carboxylic acids is 2. The zero-order valence-corrected chi connectivity index (χ0v) is 21.7. The first kappa shape index (κ1) is 26.0. The summed E-state index contributed by atoms with van der Waals surface area (Å²) in [5, 5.41) is 6.97. The van der Waals surface area contributed by atoms with Crippen molar-refractivity contribution in [2.45, 2.75) is 58.5 Å². The van der Waals surface area contributed by atoms with Gasteiger partial charge < -0.3 is 24.0 Å². The zero-order valence-electron chi connectivity index (χ0n) is 21.7. The Morgan fingerprint density at radius 3 is 2.68 bits per heavy atom. The lowest BCUT2D eigenvalue weighted by Crippen LogP contribution is -2.48. The Balaban J connectivity index is 1.43. The summed E-state index contributed by atoms with van der Waals surface area (Å²) < 4.78 is 12.7. The number of imidazole rings is 1. The first-order valence-corrected chi connectivity index (χ1v) is 12.5. The molecule has 0 bridgehead atoms. The van der Waals surface area contributed by atoms with Crippen LogP contribution < -0.4 is 10.1 Å². The van der Waals surface area contributed by atoms with Gasteiger partial charge in [-0.2, -0.15) is 0 Å². The molecule has 1 unspecified atom stereocenters. The number of amides is 2. The van der Waals surface area contributed by atoms with Gasteiger partial charge in [-0.3, -0.25) is 9.59 Å². The van der Waals surface area contributed by atoms with Crippen molar-refractivity contribution < 1.29 is 18.8 Å². The third-order valence-corrected chi connectivity index (χ3v) is 6.74. The van der Waals surface area contributed by atoms with Gasteiger partial charge >= 0.3 is 0 Å². The highest BCUT2D eigenvalue weighted by molar-refractivity contribution is 5.91. The topological polar surface area (TPSA) is 102 Å². The molecule has 4 rings (SSSR count). The van der Waals surface area contributed by atoms with Crippen LogP contribution >= 0.6 is 0 Å². The molecule has 0 spiro atoms. The van der Waals surface area contributed by atoms with Crippen LogP contribution in [-0.2, 0) is 9.59 Å². The quantitative estimate of drug-likeness (QED) is 0.446. The van der Waals surface area contributed by atoms with Crippen molar-refractivity contribution in [1.82, 2.24) is 24.9 Å². The van der Waals surface area contributed by atoms with Crippen molar-refractivity contribution in [3.8, 4) is 23.9 Å². The maximum absolute atomic E-state index is 13.6. The minimum absolute atomic E-state index is 0.0603. The summed E-state index contributed by atoms with van der Waals surface area (Å²) in [6.45, 7) is 8.35. The molecule has 1 aromatic carbocycles. The van der Waals surface area contributed by atoms with Crippen LogP contribution in [0, 0.1) is 25.2 Å². The van der Waals surface area contributed by atoms with E-state index >= 15 is 0 Å². The third-order valence-electron chi connectivity index (χ3n) is 6.74. The van der Waals surface area contributed by atoms with Crippen LogP contribution in [-0.4, -0.2) is 50.6 Å². The summed E-state index contributed by atoms with van der Waals surface area (Å²) in [5.74, 6) is 2.96. The monoisotopic (exact) mass is 503 g/mol. The van der Waals surface area contributed by atoms with E-state index in [1.165, 1.54) is 0 Å². The van der Waals surface area contributed by atoms with Crippen LogP contribution in [0.2, 0.25) is 0 Å². The lowest BCUT2D eigenvalue weighted by molar-refractivity contribution is -0.141. The van der Waals surface area contributed by atoms with Gasteiger partial charge in [-0.25, -0.2) is 4.98 Å². The fraction of sp³-hybridized carbons (Fsp3) is 0.429. The van der Waals surface area contributed by atoms with E-state index in [9.17, 15) is 9.59 Å². The van der Waals surface area contributed by atoms with Crippen molar-refractivity contribution in [3.63, 3.8) is 0 Å². The molecule has 37 heavy (non-hydrogen) atoms. The van der Waals surface area contributed by atoms with Gasteiger partial charge in [-0.1, -0.05) is 31.9 Å². The molecule has 1 fully saturated rings. The number of hydrogen-bond donors (Lipinski definition) is 1. The van der Waals surface area contributed by atoms with Crippen LogP contribution in [0.3, 0.4) is 0 Å². The second-order valence-corrected chi connectivity index (χ2v) is 9.64. The highest BCUT2D eigenvalue weighted by Crippen LogP contribution is 2.32. The second-order valence-electron chi connectivity index (χ2n) is 9.64. The van der Waals surface area contributed by atoms with Gasteiger partial charge in [-0.15, -0.1) is 6.42 Å². The summed E-state index contributed by atoms with van der Waals surface area (Å²) in [6, 6.07) is 8.85. The lowest BCUT2D eigenvalue weighted by atomic mass is 9.91. The number of ether oxygens (including phenoxy) is 1. The second kappa shape index (κ2) is 11.3. The fourth-order valence-corrected chi connectivity index (χ4v) is 4.79. The summed E-state index contributed by atoms with van der Waals surface area (Å²) in [7, 11) is 0. The molecule has 1 N–H and O–H groups in total. The average Bonchev–Trinajstić information content (AvgIpc) is 3.64. The maximum Gasteiger partial charge on any atom is 0.255 e. The van der Waals surface area contributed by atoms with Crippen LogP contribution in [0.4, 0.5) is 0 Å². The minimum Gasteiger partial charge on any atom is -0.462 e. The van der Waals surface area contributed by atoms with Gasteiger partial charge in [0.25, 0.3) is 5.88 Å². The third kappa shape index (κ3) is 5.69. The van der Waals surface area contributed by atoms with Gasteiger partial charge in [0.2, 0.25) is 11.8 Å². The Bertz CT molecular complexity index is 1270. The highest BCUT2D eigenvalue weighted by Gasteiger charge is 2.40. The molecule has 194 valence electrons. The van der Waals surface area contributed by atoms with Crippen molar-refractivity contribution in [3.05, 3.63) is 59.9 Å². The molecule has 2 amide bonds. The van der Waals surface area contributed by atoms with Gasteiger partial charge in [0, 0.05) is 30.7 Å². The number of likely N-dealkylation sites (tertiary alicyclic amines) is 1. The number of carbonyl (C=O) groups is 2. The number of nitrogens with one attached hydrogen (secondary N) is 1. The summed E-state index contributed by atoms with van der Waals surface area (Å²) in [6.07, 6.45) is 10.3. The molecule has 1 aliphatic heterocycles. The van der Waals surface area contributed by atoms with Crippen LogP contribution in [0.1, 0.15) is 62.7 Å². The summed E-state index contributed by atoms with van der Waals surface area (Å²) >= 11 is 0. The Morgan fingerprint density at radius 2 is 2.03 bits per heavy atom. The van der Waals surface area contributed by atoms with Crippen LogP contribution in [0.25, 0.3) is 5.69 Å². The Labute approximate surface area is 217 Å². The van der Waals surface area contributed by atoms with E-state index in [-0.39, 0.29) is 36.3 Å². The fourth-order valence-electron chi connectivity index (χ4n) is 4.79. The standard InChI is InChI=1S/C28H33N5O4/c1-6-16-36-25-17-24(37-31-25)26(18(2)3)28(35)33-14-7-8-23(33)27(34)30-19(4)21-9-11-22(12-10-21)32-15-13-29-20(32)5/h1,9-13,15,17-19,23,26H,7-8,14,16H2,2-5H3,(H,30,34)/t19-,23-,26?/m0/s1. The molecule has 0 radical (unpaired) electrons. The summed E-state index contributed by atoms with van der Waals surface area (Å²) in [4.78, 5) is 32.9. The SMILES string of the molecule is C#CCOc1cc(C(C(=O)N2CCC[C@H]2C(=O)N[C@@H](C)c2ccc(-n3ccnc3C)cc2)C(C)C)on1. The van der Waals surface area contributed by atoms with E-state index in [0.717, 1.165) is 23.5 Å². The number of benzene rings is 1. The van der Waals surface area contributed by atoms with Gasteiger partial charge in [0.05, 0.1) is 6.04 Å². The maximum atomic E-state index is 13.6. The number of rotatable bonds is 9. The molecule has 9 nitrogen and oxygen atoms in total. The largest absolute Gasteiger partial charge is 0.462 e. The number of hydrogen-bond acceptors (Lipinski definition) is 6. The van der Waals surface area contributed by atoms with Crippen LogP contribution in [0.5, 0.6) is 5.88 Å². The molecule has 3 atom stereocenters. The molecule has 3 heterocycles. The van der Waals surface area contributed by atoms with E-state index in [2.05, 4.69) is 21.4 Å². The van der Waals surface area contributed by atoms with E-state index in [0.29, 0.717) is 18.7 Å². The number of aromatic nitrogens is 3. The Morgan fingerprint density at radius 1 is 1.27 bits per heavy atom. The normalized spacial score (nSPS) is 16.9. The molecule has 1 aliphatic rings. The van der Waals surface area contributed by atoms with Crippen molar-refractivity contribution >= 4 is 11.8 Å². The van der Waals surface area contributed by atoms with E-state index in [4.69, 9.17) is 15.7 Å². The van der Waals surface area contributed by atoms with Crippen molar-refractivity contribution in [2.24, 2.45) is 5.92 Å². The molecular weight excluding hydrogens is 470 g/mol. The molecule has 0 aliphatic carbocycles. The first-order chi connectivity index (χ1) is 17.8. The van der Waals surface area contributed by atoms with Crippen molar-refractivity contribution in [2.75, 3.05) is 13.2 Å². The minimum atomic E-state index is -0.583. The van der Waals surface area contributed by atoms with Gasteiger partial charge in [-0.05, 0) is 55.5 Å². The first-order valence-electron chi connectivity index (χ1n) is 12.5. The Kier molecular flexibility index (Phi) is 7.97. The number of nitrogens with zero attached hydrogens (tertiary/aromatic N) is 4. The number of aryl methyl sites for hydroxylation is 1. The van der Waals surface area contributed by atoms with Crippen molar-refractivity contribution in [1.29, 1.82) is 0 Å². The smallest absolute Gasteiger partial charge is 0.255 e. The molecule has 0 saturated carbocycles. The molecular formula is C28H33N5O4. The summed E-state index contributed by atoms with van der Waals surface area (Å²) in [5.41, 5.74) is 1.98. The van der Waals surface area contributed by atoms with Crippen LogP contribution in [0.15, 0.2) is 47.2 Å². The van der Waals surface area contributed by atoms with E-state index < -0.39 is 12.0 Å². The molecule has 1 saturated heterocycles. The lowest BCUT2D eigenvalue weighted by Gasteiger charge is -2.29. The van der Waals surface area contributed by atoms with Gasteiger partial charge in [0.1, 0.15) is 17.8 Å². The molecule has 2 aromatic heterocycles. The Hall–Kier alpha value is -4.06. The number of terminal acetylenes is 1. The predicted molar refractivity (Wildman–Crippen MR) is 138 cm³/mol. The molecule has 3 aromatic rings. The van der Waals surface area contributed by atoms with E-state index in [1.54, 1.807) is 17.2 Å². The highest BCUT2D eigenvalue weighted by atomic mass is 16.5.